The van der Waals surface area contributed by atoms with Gasteiger partial charge < -0.3 is 29.3 Å². The fourth-order valence-electron chi connectivity index (χ4n) is 7.01. The Labute approximate surface area is 320 Å². The molecule has 2 atom stereocenters. The van der Waals surface area contributed by atoms with E-state index in [9.17, 15) is 20.3 Å². The van der Waals surface area contributed by atoms with Gasteiger partial charge in [-0.25, -0.2) is 0 Å². The van der Waals surface area contributed by atoms with Crippen molar-refractivity contribution in [3.8, 4) is 34.4 Å². The molecule has 278 valence electrons. The Bertz CT molecular complexity index is 1950. The summed E-state index contributed by atoms with van der Waals surface area (Å²) in [6.07, 6.45) is 6.95. The van der Waals surface area contributed by atoms with Crippen molar-refractivity contribution in [1.29, 1.82) is 5.26 Å². The molecule has 12 heteroatoms. The van der Waals surface area contributed by atoms with Gasteiger partial charge in [-0.05, 0) is 68.5 Å². The molecule has 53 heavy (non-hydrogen) atoms. The predicted octanol–water partition coefficient (Wildman–Crippen LogP) is 7.67. The molecule has 2 aliphatic rings. The Morgan fingerprint density at radius 1 is 0.943 bits per heavy atom. The number of hydrogen-bond acceptors (Lipinski definition) is 9. The highest BCUT2D eigenvalue weighted by Crippen LogP contribution is 2.39. The van der Waals surface area contributed by atoms with E-state index in [0.29, 0.717) is 58.8 Å². The molecule has 0 radical (unpaired) electrons. The van der Waals surface area contributed by atoms with E-state index in [1.54, 1.807) is 24.4 Å². The predicted molar refractivity (Wildman–Crippen MR) is 204 cm³/mol. The number of ether oxygens (including phenoxy) is 3. The third-order valence-electron chi connectivity index (χ3n) is 9.87. The lowest BCUT2D eigenvalue weighted by Crippen LogP contribution is -2.44. The van der Waals surface area contributed by atoms with Crippen molar-refractivity contribution in [2.24, 2.45) is 0 Å². The zero-order chi connectivity index (χ0) is 37.3. The van der Waals surface area contributed by atoms with Crippen LogP contribution in [0.3, 0.4) is 0 Å². The smallest absolute Gasteiger partial charge is 0.320 e. The van der Waals surface area contributed by atoms with E-state index in [-0.39, 0.29) is 19.3 Å². The number of β-amino-alcohol motifs (C(OH)–C–C–N with tert-alkyl or cyclic N) is 1. The Kier molecular flexibility index (Phi) is 13.1. The minimum absolute atomic E-state index is 0.132. The minimum atomic E-state index is -0.846. The zero-order valence-electron chi connectivity index (χ0n) is 29.8. The number of likely N-dealkylation sites (tertiary alicyclic amines) is 2. The van der Waals surface area contributed by atoms with Crippen molar-refractivity contribution in [2.45, 2.75) is 70.9 Å². The second-order valence-electron chi connectivity index (χ2n) is 13.6. The molecule has 2 unspecified atom stereocenters. The number of carboxylic acid groups (broad SMARTS) is 1. The van der Waals surface area contributed by atoms with Gasteiger partial charge in [0, 0.05) is 66.9 Å². The van der Waals surface area contributed by atoms with E-state index in [4.69, 9.17) is 37.4 Å². The molecule has 3 heterocycles. The maximum Gasteiger partial charge on any atom is 0.320 e. The third-order valence-corrected chi connectivity index (χ3v) is 10.6. The Hall–Kier alpha value is -4.37. The van der Waals surface area contributed by atoms with Crippen LogP contribution in [-0.4, -0.2) is 75.9 Å². The van der Waals surface area contributed by atoms with Crippen LogP contribution < -0.4 is 14.2 Å². The zero-order valence-corrected chi connectivity index (χ0v) is 31.3. The fraction of sp³-hybridized carbons (Fsp3) is 0.390. The number of benzene rings is 3. The van der Waals surface area contributed by atoms with Gasteiger partial charge in [0.2, 0.25) is 0 Å². The second kappa shape index (κ2) is 18.1. The third kappa shape index (κ3) is 9.79. The van der Waals surface area contributed by atoms with Gasteiger partial charge in [0.15, 0.2) is 0 Å². The molecule has 0 spiro atoms. The van der Waals surface area contributed by atoms with Crippen LogP contribution in [0.25, 0.3) is 11.1 Å². The summed E-state index contributed by atoms with van der Waals surface area (Å²) < 4.78 is 18.8. The van der Waals surface area contributed by atoms with E-state index in [0.717, 1.165) is 78.9 Å². The quantitative estimate of drug-likeness (QED) is 0.117. The first-order chi connectivity index (χ1) is 25.7. The molecule has 2 fully saturated rings. The fourth-order valence-corrected chi connectivity index (χ4v) is 7.54. The summed E-state index contributed by atoms with van der Waals surface area (Å²) in [6, 6.07) is 18.5. The first-order valence-electron chi connectivity index (χ1n) is 18.0. The normalized spacial score (nSPS) is 17.7. The minimum Gasteiger partial charge on any atom is -0.493 e. The highest BCUT2D eigenvalue weighted by molar-refractivity contribution is 6.34. The second-order valence-corrected chi connectivity index (χ2v) is 14.4. The number of carbonyl (C=O) groups is 1. The SMILES string of the molecule is Cc1c(OCCCN2CCC(O)C2)cccc1-c1cccc(COc2cc(OCc3cncc(C#N)c3)c(CN3CCCCC3C(=O)O)cc2Cl)c1Cl. The van der Waals surface area contributed by atoms with E-state index >= 15 is 0 Å². The number of piperidine rings is 1. The van der Waals surface area contributed by atoms with Crippen LogP contribution in [0, 0.1) is 18.3 Å². The number of aromatic nitrogens is 1. The summed E-state index contributed by atoms with van der Waals surface area (Å²) in [5.41, 5.74) is 5.43. The van der Waals surface area contributed by atoms with Gasteiger partial charge >= 0.3 is 5.97 Å². The van der Waals surface area contributed by atoms with Gasteiger partial charge in [0.25, 0.3) is 0 Å². The Morgan fingerprint density at radius 3 is 2.55 bits per heavy atom. The monoisotopic (exact) mass is 758 g/mol. The molecule has 2 aliphatic heterocycles. The molecular formula is C41H44Cl2N4O6. The number of nitrogens with zero attached hydrogens (tertiary/aromatic N) is 4. The lowest BCUT2D eigenvalue weighted by molar-refractivity contribution is -0.144. The molecule has 2 N–H and O–H groups in total. The van der Waals surface area contributed by atoms with Crippen LogP contribution in [0.1, 0.15) is 59.9 Å². The summed E-state index contributed by atoms with van der Waals surface area (Å²) in [5, 5.41) is 29.9. The molecular weight excluding hydrogens is 715 g/mol. The highest BCUT2D eigenvalue weighted by atomic mass is 35.5. The molecule has 0 amide bonds. The van der Waals surface area contributed by atoms with E-state index in [2.05, 4.69) is 16.0 Å². The summed E-state index contributed by atoms with van der Waals surface area (Å²) in [7, 11) is 0. The van der Waals surface area contributed by atoms with Crippen molar-refractivity contribution in [1.82, 2.24) is 14.8 Å². The van der Waals surface area contributed by atoms with Gasteiger partial charge in [-0.3, -0.25) is 14.7 Å². The standard InChI is InChI=1S/C41H44Cl2N4O6/c1-27-33(8-5-11-37(27)51-16-6-13-46-15-12-32(48)24-46)34-9-4-7-30(40(34)43)26-53-39-19-38(52-25-29-17-28(20-44)21-45-22-29)31(18-35(39)42)23-47-14-3-2-10-36(47)41(49)50/h4-5,7-9,11,17-19,21-22,32,36,48H,2-3,6,10,12-16,23-26H2,1H3,(H,49,50). The van der Waals surface area contributed by atoms with Crippen LogP contribution in [-0.2, 0) is 24.6 Å². The topological polar surface area (TPSA) is 128 Å². The number of nitriles is 1. The number of aliphatic carboxylic acids is 1. The molecule has 0 saturated carbocycles. The van der Waals surface area contributed by atoms with Crippen LogP contribution in [0.2, 0.25) is 10.0 Å². The van der Waals surface area contributed by atoms with Gasteiger partial charge in [0.05, 0.1) is 28.3 Å². The number of pyridine rings is 1. The molecule has 4 aromatic rings. The van der Waals surface area contributed by atoms with Gasteiger partial charge in [-0.2, -0.15) is 5.26 Å². The maximum atomic E-state index is 12.1. The van der Waals surface area contributed by atoms with Gasteiger partial charge in [-0.15, -0.1) is 0 Å². The van der Waals surface area contributed by atoms with Crippen LogP contribution in [0.15, 0.2) is 67.0 Å². The molecule has 1 aromatic heterocycles. The van der Waals surface area contributed by atoms with Crippen LogP contribution in [0.4, 0.5) is 0 Å². The van der Waals surface area contributed by atoms with Crippen molar-refractivity contribution in [2.75, 3.05) is 32.8 Å². The average molecular weight is 760 g/mol. The van der Waals surface area contributed by atoms with E-state index in [1.807, 2.05) is 48.2 Å². The largest absolute Gasteiger partial charge is 0.493 e. The molecule has 0 aliphatic carbocycles. The number of carboxylic acids is 1. The summed E-state index contributed by atoms with van der Waals surface area (Å²) in [5.74, 6) is 0.836. The van der Waals surface area contributed by atoms with Crippen molar-refractivity contribution >= 4 is 29.2 Å². The first-order valence-corrected chi connectivity index (χ1v) is 18.7. The lowest BCUT2D eigenvalue weighted by atomic mass is 9.98. The Balaban J connectivity index is 1.18. The number of aliphatic hydroxyl groups is 1. The highest BCUT2D eigenvalue weighted by Gasteiger charge is 2.29. The molecule has 0 bridgehead atoms. The molecule has 10 nitrogen and oxygen atoms in total. The average Bonchev–Trinajstić information content (AvgIpc) is 3.58. The molecule has 3 aromatic carbocycles. The number of halogens is 2. The van der Waals surface area contributed by atoms with E-state index < -0.39 is 12.0 Å². The van der Waals surface area contributed by atoms with Crippen molar-refractivity contribution in [3.05, 3.63) is 105 Å². The van der Waals surface area contributed by atoms with Gasteiger partial charge in [-0.1, -0.05) is 60.0 Å². The van der Waals surface area contributed by atoms with Crippen molar-refractivity contribution < 1.29 is 29.2 Å². The summed E-state index contributed by atoms with van der Waals surface area (Å²) in [6.45, 7) is 6.39. The Morgan fingerprint density at radius 2 is 1.75 bits per heavy atom. The van der Waals surface area contributed by atoms with Gasteiger partial charge in [0.1, 0.15) is 42.6 Å². The first kappa shape index (κ1) is 38.4. The molecule has 2 saturated heterocycles. The van der Waals surface area contributed by atoms with E-state index in [1.165, 1.54) is 6.20 Å². The maximum absolute atomic E-state index is 12.1. The summed E-state index contributed by atoms with van der Waals surface area (Å²) in [4.78, 5) is 20.4. The number of rotatable bonds is 15. The lowest BCUT2D eigenvalue weighted by Gasteiger charge is -2.33. The molecule has 6 rings (SSSR count). The number of hydrogen-bond donors (Lipinski definition) is 2. The number of aliphatic hydroxyl groups excluding tert-OH is 1. The van der Waals surface area contributed by atoms with Crippen molar-refractivity contribution in [3.63, 3.8) is 0 Å². The van der Waals surface area contributed by atoms with Crippen LogP contribution in [0.5, 0.6) is 17.2 Å². The van der Waals surface area contributed by atoms with Crippen LogP contribution >= 0.6 is 23.2 Å². The summed E-state index contributed by atoms with van der Waals surface area (Å²) >= 11 is 13.9.